The molecule has 1 unspecified atom stereocenters. The topological polar surface area (TPSA) is 60.7 Å². The van der Waals surface area contributed by atoms with E-state index in [1.807, 2.05) is 18.2 Å². The molecule has 0 amide bonds. The SMILES string of the molecule is CCCCCCCCCCCCCCCC(CC(c1cc(C(C)(C)C)c(O)cc1C)c1cc(C(C)(C)C)c(O)cc1C)c1cc(C(C)(C)C)c(O)cc1C. The molecule has 302 valence electrons. The van der Waals surface area contributed by atoms with Gasteiger partial charge in [0.2, 0.25) is 0 Å². The monoisotopic (exact) mass is 741 g/mol. The molecule has 3 aromatic rings. The van der Waals surface area contributed by atoms with Gasteiger partial charge in [-0.1, -0.05) is 171 Å². The van der Waals surface area contributed by atoms with E-state index in [4.69, 9.17) is 0 Å². The van der Waals surface area contributed by atoms with Crippen LogP contribution in [-0.4, -0.2) is 15.3 Å². The molecule has 3 nitrogen and oxygen atoms in total. The van der Waals surface area contributed by atoms with Gasteiger partial charge in [-0.2, -0.15) is 0 Å². The van der Waals surface area contributed by atoms with Crippen molar-refractivity contribution in [3.05, 3.63) is 86.5 Å². The fourth-order valence-electron chi connectivity index (χ4n) is 8.64. The molecule has 0 aromatic heterocycles. The van der Waals surface area contributed by atoms with E-state index in [9.17, 15) is 15.3 Å². The van der Waals surface area contributed by atoms with Gasteiger partial charge in [0.25, 0.3) is 0 Å². The molecule has 0 aliphatic carbocycles. The van der Waals surface area contributed by atoms with Crippen LogP contribution in [-0.2, 0) is 16.2 Å². The van der Waals surface area contributed by atoms with E-state index >= 15 is 0 Å². The second-order valence-electron chi connectivity index (χ2n) is 19.9. The van der Waals surface area contributed by atoms with Gasteiger partial charge in [-0.15, -0.1) is 0 Å². The van der Waals surface area contributed by atoms with Gasteiger partial charge in [-0.05, 0) is 124 Å². The number of unbranched alkanes of at least 4 members (excludes halogenated alkanes) is 12. The number of hydrogen-bond donors (Lipinski definition) is 3. The van der Waals surface area contributed by atoms with E-state index < -0.39 is 0 Å². The minimum Gasteiger partial charge on any atom is -0.508 e. The zero-order valence-corrected chi connectivity index (χ0v) is 37.1. The first-order chi connectivity index (χ1) is 25.2. The van der Waals surface area contributed by atoms with Crippen LogP contribution in [0.15, 0.2) is 36.4 Å². The Hall–Kier alpha value is -2.94. The van der Waals surface area contributed by atoms with Gasteiger partial charge in [0.05, 0.1) is 0 Å². The van der Waals surface area contributed by atoms with Crippen molar-refractivity contribution in [2.24, 2.45) is 0 Å². The van der Waals surface area contributed by atoms with Gasteiger partial charge in [0.1, 0.15) is 17.2 Å². The highest BCUT2D eigenvalue weighted by atomic mass is 16.3. The second-order valence-corrected chi connectivity index (χ2v) is 19.9. The Morgan fingerprint density at radius 2 is 0.722 bits per heavy atom. The molecule has 0 spiro atoms. The Morgan fingerprint density at radius 3 is 1.06 bits per heavy atom. The number of benzene rings is 3. The van der Waals surface area contributed by atoms with Crippen LogP contribution in [0.4, 0.5) is 0 Å². The zero-order valence-electron chi connectivity index (χ0n) is 37.1. The first-order valence-corrected chi connectivity index (χ1v) is 21.7. The molecular formula is C51H80O3. The number of phenolic OH excluding ortho intramolecular Hbond substituents is 3. The minimum absolute atomic E-state index is 0.0478. The first kappa shape index (κ1) is 45.4. The van der Waals surface area contributed by atoms with E-state index in [0.717, 1.165) is 46.2 Å². The molecule has 0 aliphatic rings. The van der Waals surface area contributed by atoms with Gasteiger partial charge >= 0.3 is 0 Å². The summed E-state index contributed by atoms with van der Waals surface area (Å²) in [5.41, 5.74) is 9.45. The van der Waals surface area contributed by atoms with Gasteiger partial charge in [0, 0.05) is 5.92 Å². The van der Waals surface area contributed by atoms with Crippen LogP contribution < -0.4 is 0 Å². The molecule has 0 saturated carbocycles. The molecule has 0 heterocycles. The van der Waals surface area contributed by atoms with Crippen molar-refractivity contribution in [3.63, 3.8) is 0 Å². The lowest BCUT2D eigenvalue weighted by atomic mass is 9.72. The summed E-state index contributed by atoms with van der Waals surface area (Å²) in [5.74, 6) is 1.41. The van der Waals surface area contributed by atoms with Crippen LogP contribution in [0.3, 0.4) is 0 Å². The minimum atomic E-state index is -0.221. The van der Waals surface area contributed by atoms with Crippen molar-refractivity contribution >= 4 is 0 Å². The van der Waals surface area contributed by atoms with Crippen LogP contribution in [0.25, 0.3) is 0 Å². The highest BCUT2D eigenvalue weighted by molar-refractivity contribution is 5.53. The Labute approximate surface area is 332 Å². The molecule has 0 bridgehead atoms. The van der Waals surface area contributed by atoms with E-state index in [0.29, 0.717) is 17.2 Å². The second kappa shape index (κ2) is 19.8. The molecular weight excluding hydrogens is 661 g/mol. The van der Waals surface area contributed by atoms with Crippen molar-refractivity contribution in [1.29, 1.82) is 0 Å². The van der Waals surface area contributed by atoms with E-state index in [2.05, 4.69) is 108 Å². The fourth-order valence-corrected chi connectivity index (χ4v) is 8.64. The summed E-state index contributed by atoms with van der Waals surface area (Å²) in [5, 5.41) is 33.6. The quantitative estimate of drug-likeness (QED) is 0.107. The number of aryl methyl sites for hydroxylation is 3. The van der Waals surface area contributed by atoms with Crippen molar-refractivity contribution < 1.29 is 15.3 Å². The molecule has 3 heteroatoms. The van der Waals surface area contributed by atoms with E-state index in [-0.39, 0.29) is 28.1 Å². The van der Waals surface area contributed by atoms with Gasteiger partial charge in [-0.3, -0.25) is 0 Å². The average Bonchev–Trinajstić information content (AvgIpc) is 3.04. The lowest BCUT2D eigenvalue weighted by molar-refractivity contribution is 0.441. The summed E-state index contributed by atoms with van der Waals surface area (Å²) in [6.45, 7) is 28.3. The predicted molar refractivity (Wildman–Crippen MR) is 234 cm³/mol. The lowest BCUT2D eigenvalue weighted by Crippen LogP contribution is -2.18. The Morgan fingerprint density at radius 1 is 0.426 bits per heavy atom. The lowest BCUT2D eigenvalue weighted by Gasteiger charge is -2.32. The van der Waals surface area contributed by atoms with Gasteiger partial charge in [-0.25, -0.2) is 0 Å². The van der Waals surface area contributed by atoms with E-state index in [1.54, 1.807) is 0 Å². The molecule has 0 saturated heterocycles. The molecule has 1 atom stereocenters. The van der Waals surface area contributed by atoms with Crippen LogP contribution >= 0.6 is 0 Å². The van der Waals surface area contributed by atoms with Crippen LogP contribution in [0.2, 0.25) is 0 Å². The summed E-state index contributed by atoms with van der Waals surface area (Å²) in [4.78, 5) is 0. The maximum absolute atomic E-state index is 11.2. The Balaban J connectivity index is 2.03. The summed E-state index contributed by atoms with van der Waals surface area (Å²) in [7, 11) is 0. The third-order valence-corrected chi connectivity index (χ3v) is 11.9. The fraction of sp³-hybridized carbons (Fsp3) is 0.647. The Bertz CT molecular complexity index is 1560. The highest BCUT2D eigenvalue weighted by Gasteiger charge is 2.31. The first-order valence-electron chi connectivity index (χ1n) is 21.7. The molecule has 3 N–H and O–H groups in total. The Kier molecular flexibility index (Phi) is 16.6. The smallest absolute Gasteiger partial charge is 0.119 e. The van der Waals surface area contributed by atoms with Gasteiger partial charge in [0.15, 0.2) is 0 Å². The third kappa shape index (κ3) is 12.8. The van der Waals surface area contributed by atoms with Crippen molar-refractivity contribution in [2.45, 2.75) is 214 Å². The summed E-state index contributed by atoms with van der Waals surface area (Å²) in [6, 6.07) is 12.8. The number of phenols is 3. The largest absolute Gasteiger partial charge is 0.508 e. The predicted octanol–water partition coefficient (Wildman–Crippen LogP) is 15.4. The van der Waals surface area contributed by atoms with Crippen molar-refractivity contribution in [2.75, 3.05) is 0 Å². The normalized spacial score (nSPS) is 13.2. The van der Waals surface area contributed by atoms with Crippen LogP contribution in [0.1, 0.15) is 227 Å². The highest BCUT2D eigenvalue weighted by Crippen LogP contribution is 2.47. The molecule has 0 fully saturated rings. The summed E-state index contributed by atoms with van der Waals surface area (Å²) >= 11 is 0. The number of rotatable bonds is 19. The number of hydrogen-bond acceptors (Lipinski definition) is 3. The summed E-state index contributed by atoms with van der Waals surface area (Å²) in [6.07, 6.45) is 19.4. The molecule has 54 heavy (non-hydrogen) atoms. The third-order valence-electron chi connectivity index (χ3n) is 11.9. The van der Waals surface area contributed by atoms with Crippen molar-refractivity contribution in [1.82, 2.24) is 0 Å². The molecule has 3 rings (SSSR count). The number of aromatic hydroxyl groups is 3. The maximum Gasteiger partial charge on any atom is 0.119 e. The van der Waals surface area contributed by atoms with E-state index in [1.165, 1.54) is 100 Å². The standard InChI is InChI=1S/C51H80O3/c1-14-15-16-17-18-19-20-21-22-23-24-25-26-27-38(39-32-43(49(5,6)7)46(52)28-35(39)2)31-42(40-33-44(50(8,9)10)47(53)29-36(40)3)41-34-45(51(11,12)13)48(54)30-37(41)4/h28-30,32-34,38,42,52-54H,14-27,31H2,1-13H3. The summed E-state index contributed by atoms with van der Waals surface area (Å²) < 4.78 is 0. The molecule has 0 radical (unpaired) electrons. The average molecular weight is 741 g/mol. The molecule has 3 aromatic carbocycles. The van der Waals surface area contributed by atoms with Crippen LogP contribution in [0, 0.1) is 20.8 Å². The van der Waals surface area contributed by atoms with Gasteiger partial charge < -0.3 is 15.3 Å². The van der Waals surface area contributed by atoms with Crippen molar-refractivity contribution in [3.8, 4) is 17.2 Å². The molecule has 0 aliphatic heterocycles. The maximum atomic E-state index is 11.2. The zero-order chi connectivity index (χ0) is 40.4. The van der Waals surface area contributed by atoms with Crippen LogP contribution in [0.5, 0.6) is 17.2 Å².